The van der Waals surface area contributed by atoms with E-state index in [2.05, 4.69) is 15.4 Å². The zero-order valence-corrected chi connectivity index (χ0v) is 14.2. The molecule has 0 aliphatic rings. The highest BCUT2D eigenvalue weighted by Crippen LogP contribution is 2.33. The number of esters is 1. The number of carbonyl (C=O) groups excluding carboxylic acids is 2. The summed E-state index contributed by atoms with van der Waals surface area (Å²) in [4.78, 5) is 24.1. The van der Waals surface area contributed by atoms with Crippen LogP contribution in [0.1, 0.15) is 10.4 Å². The molecule has 2 amide bonds. The van der Waals surface area contributed by atoms with E-state index in [0.717, 1.165) is 12.1 Å². The molecule has 2 aromatic rings. The molecule has 0 heterocycles. The number of amides is 2. The van der Waals surface area contributed by atoms with Crippen molar-refractivity contribution in [3.63, 3.8) is 0 Å². The van der Waals surface area contributed by atoms with Crippen LogP contribution in [0.4, 0.5) is 25.0 Å². The predicted octanol–water partition coefficient (Wildman–Crippen LogP) is 3.41. The number of anilines is 2. The summed E-state index contributed by atoms with van der Waals surface area (Å²) >= 11 is 0. The molecular formula is C17H16F2N2O5. The number of ether oxygens (including phenoxy) is 3. The molecule has 26 heavy (non-hydrogen) atoms. The van der Waals surface area contributed by atoms with Gasteiger partial charge in [0.1, 0.15) is 11.6 Å². The number of carbonyl (C=O) groups is 2. The monoisotopic (exact) mass is 366 g/mol. The molecule has 0 saturated carbocycles. The molecule has 0 radical (unpaired) electrons. The Kier molecular flexibility index (Phi) is 5.94. The SMILES string of the molecule is COC(=O)c1cc(OC)c(OC)cc1NC(=O)Nc1ccc(F)cc1F. The van der Waals surface area contributed by atoms with E-state index in [1.165, 1.54) is 33.5 Å². The average Bonchev–Trinajstić information content (AvgIpc) is 2.62. The molecule has 0 fully saturated rings. The summed E-state index contributed by atoms with van der Waals surface area (Å²) in [6.07, 6.45) is 0. The van der Waals surface area contributed by atoms with Gasteiger partial charge < -0.3 is 24.8 Å². The summed E-state index contributed by atoms with van der Waals surface area (Å²) in [6, 6.07) is 4.53. The normalized spacial score (nSPS) is 10.0. The standard InChI is InChI=1S/C17H16F2N2O5/c1-24-14-7-10(16(22)26-3)13(8-15(14)25-2)21-17(23)20-12-5-4-9(18)6-11(12)19/h4-8H,1-3H3,(H2,20,21,23). The number of nitrogens with one attached hydrogen (secondary N) is 2. The van der Waals surface area contributed by atoms with Crippen molar-refractivity contribution in [2.24, 2.45) is 0 Å². The van der Waals surface area contributed by atoms with Gasteiger partial charge in [-0.2, -0.15) is 0 Å². The first-order valence-corrected chi connectivity index (χ1v) is 7.27. The topological polar surface area (TPSA) is 85.9 Å². The lowest BCUT2D eigenvalue weighted by atomic mass is 10.1. The maximum atomic E-state index is 13.6. The number of hydrogen-bond acceptors (Lipinski definition) is 5. The Morgan fingerprint density at radius 1 is 0.885 bits per heavy atom. The Hall–Kier alpha value is -3.36. The second-order valence-electron chi connectivity index (χ2n) is 4.95. The lowest BCUT2D eigenvalue weighted by Crippen LogP contribution is -2.22. The van der Waals surface area contributed by atoms with Crippen LogP contribution in [-0.4, -0.2) is 33.3 Å². The van der Waals surface area contributed by atoms with Gasteiger partial charge in [-0.05, 0) is 12.1 Å². The van der Waals surface area contributed by atoms with E-state index in [4.69, 9.17) is 9.47 Å². The van der Waals surface area contributed by atoms with Gasteiger partial charge in [0, 0.05) is 18.2 Å². The van der Waals surface area contributed by atoms with E-state index in [1.54, 1.807) is 0 Å². The number of benzene rings is 2. The van der Waals surface area contributed by atoms with Crippen LogP contribution >= 0.6 is 0 Å². The van der Waals surface area contributed by atoms with Crippen molar-refractivity contribution in [2.75, 3.05) is 32.0 Å². The van der Waals surface area contributed by atoms with Gasteiger partial charge in [0.2, 0.25) is 0 Å². The molecule has 0 aliphatic heterocycles. The first-order valence-electron chi connectivity index (χ1n) is 7.27. The lowest BCUT2D eigenvalue weighted by molar-refractivity contribution is 0.0601. The zero-order valence-electron chi connectivity index (χ0n) is 14.2. The van der Waals surface area contributed by atoms with Crippen LogP contribution in [-0.2, 0) is 4.74 Å². The Labute approximate surface area is 147 Å². The molecule has 2 aromatic carbocycles. The van der Waals surface area contributed by atoms with E-state index >= 15 is 0 Å². The van der Waals surface area contributed by atoms with Gasteiger partial charge in [-0.15, -0.1) is 0 Å². The summed E-state index contributed by atoms with van der Waals surface area (Å²) in [5, 5.41) is 4.62. The second kappa shape index (κ2) is 8.15. The molecule has 2 rings (SSSR count). The van der Waals surface area contributed by atoms with Gasteiger partial charge >= 0.3 is 12.0 Å². The minimum absolute atomic E-state index is 0.000113. The van der Waals surface area contributed by atoms with Crippen LogP contribution in [0.25, 0.3) is 0 Å². The van der Waals surface area contributed by atoms with Gasteiger partial charge in [0.25, 0.3) is 0 Å². The number of rotatable bonds is 5. The summed E-state index contributed by atoms with van der Waals surface area (Å²) in [5.41, 5.74) is -0.182. The third kappa shape index (κ3) is 4.18. The largest absolute Gasteiger partial charge is 0.493 e. The van der Waals surface area contributed by atoms with E-state index in [9.17, 15) is 18.4 Å². The summed E-state index contributed by atoms with van der Waals surface area (Å²) in [5.74, 6) is -1.94. The van der Waals surface area contributed by atoms with Gasteiger partial charge in [-0.25, -0.2) is 18.4 Å². The smallest absolute Gasteiger partial charge is 0.340 e. The van der Waals surface area contributed by atoms with Crippen molar-refractivity contribution in [1.82, 2.24) is 0 Å². The maximum Gasteiger partial charge on any atom is 0.340 e. The fourth-order valence-electron chi connectivity index (χ4n) is 2.13. The zero-order chi connectivity index (χ0) is 19.3. The molecule has 7 nitrogen and oxygen atoms in total. The number of urea groups is 1. The van der Waals surface area contributed by atoms with Crippen LogP contribution in [0, 0.1) is 11.6 Å². The molecule has 0 unspecified atom stereocenters. The molecule has 138 valence electrons. The van der Waals surface area contributed by atoms with E-state index < -0.39 is 23.6 Å². The molecule has 0 spiro atoms. The predicted molar refractivity (Wildman–Crippen MR) is 89.9 cm³/mol. The molecule has 0 aliphatic carbocycles. The van der Waals surface area contributed by atoms with Crippen molar-refractivity contribution in [1.29, 1.82) is 0 Å². The highest BCUT2D eigenvalue weighted by molar-refractivity contribution is 6.05. The van der Waals surface area contributed by atoms with Crippen LogP contribution in [0.2, 0.25) is 0 Å². The first kappa shape index (κ1) is 19.0. The third-order valence-corrected chi connectivity index (χ3v) is 3.36. The number of halogens is 2. The molecular weight excluding hydrogens is 350 g/mol. The highest BCUT2D eigenvalue weighted by atomic mass is 19.1. The summed E-state index contributed by atoms with van der Waals surface area (Å²) < 4.78 is 41.5. The average molecular weight is 366 g/mol. The van der Waals surface area contributed by atoms with E-state index in [0.29, 0.717) is 6.07 Å². The van der Waals surface area contributed by atoms with Crippen molar-refractivity contribution in [3.05, 3.63) is 47.5 Å². The fourth-order valence-corrected chi connectivity index (χ4v) is 2.13. The van der Waals surface area contributed by atoms with Crippen LogP contribution in [0.15, 0.2) is 30.3 Å². The van der Waals surface area contributed by atoms with Gasteiger partial charge in [0.15, 0.2) is 11.5 Å². The van der Waals surface area contributed by atoms with Crippen molar-refractivity contribution >= 4 is 23.4 Å². The van der Waals surface area contributed by atoms with E-state index in [-0.39, 0.29) is 28.4 Å². The number of methoxy groups -OCH3 is 3. The minimum Gasteiger partial charge on any atom is -0.493 e. The fraction of sp³-hybridized carbons (Fsp3) is 0.176. The third-order valence-electron chi connectivity index (χ3n) is 3.36. The molecule has 9 heteroatoms. The molecule has 0 saturated heterocycles. The summed E-state index contributed by atoms with van der Waals surface area (Å²) in [6.45, 7) is 0. The Morgan fingerprint density at radius 3 is 2.08 bits per heavy atom. The molecule has 0 bridgehead atoms. The van der Waals surface area contributed by atoms with Crippen LogP contribution < -0.4 is 20.1 Å². The van der Waals surface area contributed by atoms with Crippen LogP contribution in [0.5, 0.6) is 11.5 Å². The highest BCUT2D eigenvalue weighted by Gasteiger charge is 2.19. The molecule has 2 N–H and O–H groups in total. The van der Waals surface area contributed by atoms with E-state index in [1.807, 2.05) is 0 Å². The Morgan fingerprint density at radius 2 is 1.50 bits per heavy atom. The first-order chi connectivity index (χ1) is 12.4. The maximum absolute atomic E-state index is 13.6. The van der Waals surface area contributed by atoms with Gasteiger partial charge in [0.05, 0.1) is 38.3 Å². The second-order valence-corrected chi connectivity index (χ2v) is 4.95. The van der Waals surface area contributed by atoms with Gasteiger partial charge in [-0.1, -0.05) is 0 Å². The molecule has 0 aromatic heterocycles. The number of hydrogen-bond donors (Lipinski definition) is 2. The van der Waals surface area contributed by atoms with Crippen molar-refractivity contribution in [3.8, 4) is 11.5 Å². The molecule has 0 atom stereocenters. The Balaban J connectivity index is 2.31. The van der Waals surface area contributed by atoms with Crippen molar-refractivity contribution < 1.29 is 32.6 Å². The minimum atomic E-state index is -0.944. The van der Waals surface area contributed by atoms with Gasteiger partial charge in [-0.3, -0.25) is 0 Å². The van der Waals surface area contributed by atoms with Crippen LogP contribution in [0.3, 0.4) is 0 Å². The Bertz CT molecular complexity index is 842. The quantitative estimate of drug-likeness (QED) is 0.792. The summed E-state index contributed by atoms with van der Waals surface area (Å²) in [7, 11) is 3.94. The lowest BCUT2D eigenvalue weighted by Gasteiger charge is -2.15. The van der Waals surface area contributed by atoms with Crippen molar-refractivity contribution in [2.45, 2.75) is 0 Å².